The van der Waals surface area contributed by atoms with Gasteiger partial charge in [-0.25, -0.2) is 0 Å². The van der Waals surface area contributed by atoms with Crippen LogP contribution in [0.4, 0.5) is 0 Å². The molecule has 0 N–H and O–H groups in total. The van der Waals surface area contributed by atoms with Crippen molar-refractivity contribution in [2.24, 2.45) is 0 Å². The Labute approximate surface area is 168 Å². The summed E-state index contributed by atoms with van der Waals surface area (Å²) >= 11 is 0. The van der Waals surface area contributed by atoms with Crippen molar-refractivity contribution in [3.63, 3.8) is 0 Å². The quantitative estimate of drug-likeness (QED) is 0.330. The standard InChI is InChI=1S/C18H22O2.C6H15P/c1-13(2)19-16-11-8-12-17(20-14(3)4)18(16)15-9-6-5-7-10-15;1-2-3-4-5-6-7/h5-14H,1-4H3;2-7H2,1H3. The Balaban J connectivity index is 0.000000445. The lowest BCUT2D eigenvalue weighted by molar-refractivity contribution is 0.231. The van der Waals surface area contributed by atoms with Crippen LogP contribution in [0.3, 0.4) is 0 Å². The largest absolute Gasteiger partial charge is 0.490 e. The molecule has 1 atom stereocenters. The Morgan fingerprint density at radius 2 is 1.30 bits per heavy atom. The van der Waals surface area contributed by atoms with Crippen molar-refractivity contribution in [3.8, 4) is 22.6 Å². The molecule has 0 heterocycles. The SMILES string of the molecule is CC(C)Oc1cccc(OC(C)C)c1-c1ccccc1.CCCCCCP. The van der Waals surface area contributed by atoms with E-state index in [0.29, 0.717) is 0 Å². The molecular formula is C24H37O2P. The van der Waals surface area contributed by atoms with Gasteiger partial charge in [-0.2, -0.15) is 0 Å². The molecule has 0 aromatic heterocycles. The molecule has 0 aliphatic rings. The van der Waals surface area contributed by atoms with Gasteiger partial charge >= 0.3 is 0 Å². The van der Waals surface area contributed by atoms with E-state index in [2.05, 4.69) is 28.3 Å². The molecule has 0 saturated carbocycles. The lowest BCUT2D eigenvalue weighted by Crippen LogP contribution is -2.09. The van der Waals surface area contributed by atoms with Gasteiger partial charge in [0.05, 0.1) is 17.8 Å². The number of hydrogen-bond donors (Lipinski definition) is 0. The van der Waals surface area contributed by atoms with Gasteiger partial charge in [-0.3, -0.25) is 0 Å². The van der Waals surface area contributed by atoms with Crippen molar-refractivity contribution in [1.29, 1.82) is 0 Å². The Hall–Kier alpha value is -1.53. The zero-order chi connectivity index (χ0) is 20.1. The highest BCUT2D eigenvalue weighted by Gasteiger charge is 2.14. The van der Waals surface area contributed by atoms with Crippen LogP contribution in [0.25, 0.3) is 11.1 Å². The molecule has 0 fully saturated rings. The van der Waals surface area contributed by atoms with Gasteiger partial charge in [-0.05, 0) is 58.0 Å². The topological polar surface area (TPSA) is 18.5 Å². The highest BCUT2D eigenvalue weighted by Crippen LogP contribution is 2.39. The third kappa shape index (κ3) is 9.29. The summed E-state index contributed by atoms with van der Waals surface area (Å²) in [6, 6.07) is 16.2. The Bertz CT molecular complexity index is 591. The van der Waals surface area contributed by atoms with Gasteiger partial charge in [0.2, 0.25) is 0 Å². The molecular weight excluding hydrogens is 351 g/mol. The van der Waals surface area contributed by atoms with Crippen LogP contribution in [-0.4, -0.2) is 18.4 Å². The summed E-state index contributed by atoms with van der Waals surface area (Å²) in [5.41, 5.74) is 2.13. The lowest BCUT2D eigenvalue weighted by Gasteiger charge is -2.19. The van der Waals surface area contributed by atoms with E-state index in [9.17, 15) is 0 Å². The van der Waals surface area contributed by atoms with Crippen LogP contribution in [-0.2, 0) is 0 Å². The molecule has 1 unspecified atom stereocenters. The maximum atomic E-state index is 5.94. The maximum absolute atomic E-state index is 5.94. The molecule has 0 bridgehead atoms. The second kappa shape index (κ2) is 13.6. The number of hydrogen-bond acceptors (Lipinski definition) is 2. The van der Waals surface area contributed by atoms with E-state index < -0.39 is 0 Å². The highest BCUT2D eigenvalue weighted by molar-refractivity contribution is 7.16. The molecule has 0 saturated heterocycles. The third-order valence-electron chi connectivity index (χ3n) is 3.83. The molecule has 27 heavy (non-hydrogen) atoms. The van der Waals surface area contributed by atoms with Crippen LogP contribution in [0.2, 0.25) is 0 Å². The second-order valence-electron chi connectivity index (χ2n) is 7.18. The summed E-state index contributed by atoms with van der Waals surface area (Å²) in [7, 11) is 2.75. The zero-order valence-electron chi connectivity index (χ0n) is 17.7. The fraction of sp³-hybridized carbons (Fsp3) is 0.500. The van der Waals surface area contributed by atoms with E-state index in [-0.39, 0.29) is 12.2 Å². The molecule has 2 nitrogen and oxygen atoms in total. The van der Waals surface area contributed by atoms with Crippen LogP contribution < -0.4 is 9.47 Å². The molecule has 150 valence electrons. The van der Waals surface area contributed by atoms with Gasteiger partial charge in [0, 0.05) is 0 Å². The van der Waals surface area contributed by atoms with Gasteiger partial charge in [-0.15, -0.1) is 9.24 Å². The van der Waals surface area contributed by atoms with E-state index in [1.807, 2.05) is 64.1 Å². The summed E-state index contributed by atoms with van der Waals surface area (Å²) in [6.07, 6.45) is 7.11. The molecule has 0 amide bonds. The lowest BCUT2D eigenvalue weighted by atomic mass is 10.0. The Morgan fingerprint density at radius 1 is 0.741 bits per heavy atom. The molecule has 0 radical (unpaired) electrons. The van der Waals surface area contributed by atoms with Crippen LogP contribution in [0.15, 0.2) is 48.5 Å². The van der Waals surface area contributed by atoms with E-state index in [0.717, 1.165) is 22.6 Å². The molecule has 0 spiro atoms. The molecule has 2 rings (SSSR count). The number of ether oxygens (including phenoxy) is 2. The first-order chi connectivity index (χ1) is 13.0. The summed E-state index contributed by atoms with van der Waals surface area (Å²) in [5.74, 6) is 1.73. The molecule has 0 aliphatic heterocycles. The van der Waals surface area contributed by atoms with Gasteiger partial charge in [0.1, 0.15) is 11.5 Å². The fourth-order valence-corrected chi connectivity index (χ4v) is 2.96. The highest BCUT2D eigenvalue weighted by atomic mass is 31.0. The van der Waals surface area contributed by atoms with E-state index in [1.54, 1.807) is 0 Å². The first-order valence-corrected chi connectivity index (χ1v) is 11.0. The van der Waals surface area contributed by atoms with Gasteiger partial charge < -0.3 is 9.47 Å². The van der Waals surface area contributed by atoms with Crippen molar-refractivity contribution in [1.82, 2.24) is 0 Å². The number of unbranched alkanes of at least 4 members (excludes halogenated alkanes) is 3. The van der Waals surface area contributed by atoms with Crippen LogP contribution >= 0.6 is 9.24 Å². The molecule has 3 heteroatoms. The minimum atomic E-state index is 0.131. The predicted molar refractivity (Wildman–Crippen MR) is 122 cm³/mol. The zero-order valence-corrected chi connectivity index (χ0v) is 18.9. The van der Waals surface area contributed by atoms with Crippen LogP contribution in [0.1, 0.15) is 60.3 Å². The summed E-state index contributed by atoms with van der Waals surface area (Å²) in [6.45, 7) is 10.4. The van der Waals surface area contributed by atoms with Crippen molar-refractivity contribution < 1.29 is 9.47 Å². The average molecular weight is 389 g/mol. The summed E-state index contributed by atoms with van der Waals surface area (Å²) < 4.78 is 11.9. The Kier molecular flexibility index (Phi) is 11.9. The van der Waals surface area contributed by atoms with Crippen molar-refractivity contribution in [2.75, 3.05) is 6.16 Å². The summed E-state index contributed by atoms with van der Waals surface area (Å²) in [5, 5.41) is 0. The predicted octanol–water partition coefficient (Wildman–Crippen LogP) is 7.37. The van der Waals surface area contributed by atoms with Crippen molar-refractivity contribution in [3.05, 3.63) is 48.5 Å². The normalized spacial score (nSPS) is 10.5. The first-order valence-electron chi connectivity index (χ1n) is 10.2. The van der Waals surface area contributed by atoms with Crippen LogP contribution in [0.5, 0.6) is 11.5 Å². The Morgan fingerprint density at radius 3 is 1.74 bits per heavy atom. The number of benzene rings is 2. The van der Waals surface area contributed by atoms with E-state index in [1.165, 1.54) is 31.8 Å². The number of rotatable bonds is 9. The summed E-state index contributed by atoms with van der Waals surface area (Å²) in [4.78, 5) is 0. The monoisotopic (exact) mass is 388 g/mol. The molecule has 0 aliphatic carbocycles. The minimum absolute atomic E-state index is 0.131. The van der Waals surface area contributed by atoms with Gasteiger partial charge in [0.15, 0.2) is 0 Å². The van der Waals surface area contributed by atoms with Crippen molar-refractivity contribution >= 4 is 9.24 Å². The van der Waals surface area contributed by atoms with Crippen LogP contribution in [0, 0.1) is 0 Å². The smallest absolute Gasteiger partial charge is 0.131 e. The maximum Gasteiger partial charge on any atom is 0.131 e. The third-order valence-corrected chi connectivity index (χ3v) is 4.24. The molecule has 2 aromatic rings. The minimum Gasteiger partial charge on any atom is -0.490 e. The van der Waals surface area contributed by atoms with Gasteiger partial charge in [0.25, 0.3) is 0 Å². The fourth-order valence-electron chi connectivity index (χ4n) is 2.68. The molecule has 2 aromatic carbocycles. The average Bonchev–Trinajstić information content (AvgIpc) is 2.63. The second-order valence-corrected chi connectivity index (χ2v) is 7.76. The van der Waals surface area contributed by atoms with E-state index >= 15 is 0 Å². The van der Waals surface area contributed by atoms with Crippen molar-refractivity contribution in [2.45, 2.75) is 72.5 Å². The van der Waals surface area contributed by atoms with Gasteiger partial charge in [-0.1, -0.05) is 62.6 Å². The first kappa shape index (κ1) is 23.5. The van der Waals surface area contributed by atoms with E-state index in [4.69, 9.17) is 9.47 Å².